The number of nitriles is 1. The summed E-state index contributed by atoms with van der Waals surface area (Å²) in [6.45, 7) is 2.17. The zero-order valence-electron chi connectivity index (χ0n) is 11.0. The summed E-state index contributed by atoms with van der Waals surface area (Å²) in [6.07, 6.45) is 5.11. The van der Waals surface area contributed by atoms with E-state index in [0.717, 1.165) is 35.4 Å². The van der Waals surface area contributed by atoms with Crippen LogP contribution in [0.25, 0.3) is 10.9 Å². The van der Waals surface area contributed by atoms with E-state index in [1.165, 1.54) is 25.7 Å². The zero-order chi connectivity index (χ0) is 13.1. The van der Waals surface area contributed by atoms with Crippen LogP contribution in [0.15, 0.2) is 30.3 Å². The van der Waals surface area contributed by atoms with Crippen LogP contribution in [0.1, 0.15) is 31.2 Å². The van der Waals surface area contributed by atoms with Gasteiger partial charge >= 0.3 is 0 Å². The minimum Gasteiger partial charge on any atom is -0.262 e. The van der Waals surface area contributed by atoms with Crippen molar-refractivity contribution in [3.63, 3.8) is 0 Å². The SMILES string of the molecule is N#Cc1cc(N2CCCCCC2)[nH+]c2ccccc12. The molecule has 1 aromatic heterocycles. The molecular weight excluding hydrogens is 234 g/mol. The van der Waals surface area contributed by atoms with Gasteiger partial charge in [-0.05, 0) is 37.8 Å². The van der Waals surface area contributed by atoms with Gasteiger partial charge in [-0.3, -0.25) is 4.90 Å². The Morgan fingerprint density at radius 1 is 1.05 bits per heavy atom. The maximum atomic E-state index is 9.33. The lowest BCUT2D eigenvalue weighted by Gasteiger charge is -2.14. The monoisotopic (exact) mass is 252 g/mol. The molecule has 1 saturated heterocycles. The molecule has 2 heterocycles. The van der Waals surface area contributed by atoms with Crippen molar-refractivity contribution >= 4 is 16.7 Å². The van der Waals surface area contributed by atoms with E-state index in [1.54, 1.807) is 0 Å². The number of pyridine rings is 1. The van der Waals surface area contributed by atoms with Crippen LogP contribution in [0.4, 0.5) is 5.82 Å². The van der Waals surface area contributed by atoms with Crippen LogP contribution in [0.2, 0.25) is 0 Å². The lowest BCUT2D eigenvalue weighted by Crippen LogP contribution is -2.30. The summed E-state index contributed by atoms with van der Waals surface area (Å²) < 4.78 is 0. The molecular formula is C16H18N3+. The average Bonchev–Trinajstić information content (AvgIpc) is 2.75. The number of hydrogen-bond donors (Lipinski definition) is 0. The van der Waals surface area contributed by atoms with Gasteiger partial charge in [-0.1, -0.05) is 12.1 Å². The van der Waals surface area contributed by atoms with E-state index in [9.17, 15) is 5.26 Å². The van der Waals surface area contributed by atoms with Gasteiger partial charge in [0.05, 0.1) is 18.7 Å². The molecule has 1 aromatic carbocycles. The normalized spacial score (nSPS) is 16.1. The van der Waals surface area contributed by atoms with Crippen molar-refractivity contribution in [2.45, 2.75) is 25.7 Å². The van der Waals surface area contributed by atoms with Crippen molar-refractivity contribution in [3.8, 4) is 6.07 Å². The number of benzene rings is 1. The number of fused-ring (bicyclic) bond motifs is 1. The minimum absolute atomic E-state index is 0.758. The average molecular weight is 252 g/mol. The number of hydrogen-bond acceptors (Lipinski definition) is 2. The van der Waals surface area contributed by atoms with Gasteiger partial charge < -0.3 is 0 Å². The molecule has 1 aliphatic rings. The van der Waals surface area contributed by atoms with E-state index in [1.807, 2.05) is 30.3 Å². The second kappa shape index (κ2) is 5.27. The molecule has 1 aliphatic heterocycles. The Morgan fingerprint density at radius 2 is 1.79 bits per heavy atom. The molecule has 1 N–H and O–H groups in total. The Morgan fingerprint density at radius 3 is 2.53 bits per heavy atom. The highest BCUT2D eigenvalue weighted by molar-refractivity contribution is 5.83. The Kier molecular flexibility index (Phi) is 3.33. The lowest BCUT2D eigenvalue weighted by atomic mass is 10.1. The van der Waals surface area contributed by atoms with Crippen LogP contribution in [0.3, 0.4) is 0 Å². The van der Waals surface area contributed by atoms with Crippen molar-refractivity contribution in [3.05, 3.63) is 35.9 Å². The summed E-state index contributed by atoms with van der Waals surface area (Å²) >= 11 is 0. The van der Waals surface area contributed by atoms with Crippen LogP contribution in [-0.4, -0.2) is 13.1 Å². The van der Waals surface area contributed by atoms with Gasteiger partial charge in [0.1, 0.15) is 11.6 Å². The van der Waals surface area contributed by atoms with Crippen molar-refractivity contribution in [1.82, 2.24) is 0 Å². The number of rotatable bonds is 1. The Bertz CT molecular complexity index is 619. The van der Waals surface area contributed by atoms with Crippen LogP contribution < -0.4 is 9.88 Å². The third-order valence-corrected chi connectivity index (χ3v) is 3.83. The quantitative estimate of drug-likeness (QED) is 0.783. The zero-order valence-corrected chi connectivity index (χ0v) is 11.0. The number of nitrogens with zero attached hydrogens (tertiary/aromatic N) is 2. The number of anilines is 1. The second-order valence-electron chi connectivity index (χ2n) is 5.13. The molecule has 3 heteroatoms. The molecule has 1 fully saturated rings. The summed E-state index contributed by atoms with van der Waals surface area (Å²) in [6, 6.07) is 12.3. The largest absolute Gasteiger partial charge is 0.276 e. The molecule has 0 aliphatic carbocycles. The van der Waals surface area contributed by atoms with Crippen LogP contribution in [0, 0.1) is 11.3 Å². The number of H-pyrrole nitrogens is 1. The Hall–Kier alpha value is -2.08. The van der Waals surface area contributed by atoms with Crippen LogP contribution in [0.5, 0.6) is 0 Å². The predicted octanol–water partition coefficient (Wildman–Crippen LogP) is 2.91. The van der Waals surface area contributed by atoms with Gasteiger partial charge in [-0.2, -0.15) is 5.26 Å². The minimum atomic E-state index is 0.758. The molecule has 0 spiro atoms. The highest BCUT2D eigenvalue weighted by Gasteiger charge is 2.19. The number of aromatic nitrogens is 1. The fourth-order valence-electron chi connectivity index (χ4n) is 2.79. The van der Waals surface area contributed by atoms with Crippen molar-refractivity contribution in [2.24, 2.45) is 0 Å². The molecule has 3 nitrogen and oxygen atoms in total. The first kappa shape index (κ1) is 12.0. The van der Waals surface area contributed by atoms with Gasteiger partial charge in [0.25, 0.3) is 5.82 Å². The van der Waals surface area contributed by atoms with E-state index in [4.69, 9.17) is 0 Å². The first-order chi connectivity index (χ1) is 9.38. The number of aromatic amines is 1. The maximum Gasteiger partial charge on any atom is 0.276 e. The summed E-state index contributed by atoms with van der Waals surface area (Å²) in [5.74, 6) is 1.08. The Balaban J connectivity index is 2.06. The van der Waals surface area contributed by atoms with Crippen LogP contribution in [-0.2, 0) is 0 Å². The summed E-state index contributed by atoms with van der Waals surface area (Å²) in [7, 11) is 0. The topological polar surface area (TPSA) is 41.2 Å². The Labute approximate surface area is 113 Å². The summed E-state index contributed by atoms with van der Waals surface area (Å²) in [5.41, 5.74) is 1.80. The first-order valence-electron chi connectivity index (χ1n) is 6.98. The van der Waals surface area contributed by atoms with Crippen LogP contribution >= 0.6 is 0 Å². The molecule has 0 bridgehead atoms. The number of para-hydroxylation sites is 1. The number of nitrogens with one attached hydrogen (secondary N) is 1. The van der Waals surface area contributed by atoms with Gasteiger partial charge in [0.15, 0.2) is 0 Å². The van der Waals surface area contributed by atoms with E-state index in [0.29, 0.717) is 0 Å². The molecule has 19 heavy (non-hydrogen) atoms. The van der Waals surface area contributed by atoms with Gasteiger partial charge in [0.2, 0.25) is 0 Å². The second-order valence-corrected chi connectivity index (χ2v) is 5.13. The molecule has 0 saturated carbocycles. The maximum absolute atomic E-state index is 9.33. The molecule has 0 unspecified atom stereocenters. The van der Waals surface area contributed by atoms with E-state index in [-0.39, 0.29) is 0 Å². The third-order valence-electron chi connectivity index (χ3n) is 3.83. The van der Waals surface area contributed by atoms with Gasteiger partial charge in [-0.15, -0.1) is 0 Å². The first-order valence-corrected chi connectivity index (χ1v) is 6.98. The van der Waals surface area contributed by atoms with Gasteiger partial charge in [-0.25, -0.2) is 4.98 Å². The molecule has 0 amide bonds. The predicted molar refractivity (Wildman–Crippen MR) is 75.9 cm³/mol. The third kappa shape index (κ3) is 2.39. The van der Waals surface area contributed by atoms with E-state index in [2.05, 4.69) is 16.0 Å². The van der Waals surface area contributed by atoms with E-state index >= 15 is 0 Å². The highest BCUT2D eigenvalue weighted by atomic mass is 15.2. The standard InChI is InChI=1S/C16H17N3/c17-12-13-11-16(19-9-5-1-2-6-10-19)18-15-8-4-3-7-14(13)15/h3-4,7-8,11H,1-2,5-6,9-10H2/p+1. The molecule has 3 rings (SSSR count). The van der Waals surface area contributed by atoms with Crippen molar-refractivity contribution < 1.29 is 4.98 Å². The summed E-state index contributed by atoms with van der Waals surface area (Å²) in [4.78, 5) is 5.85. The molecule has 2 aromatic rings. The van der Waals surface area contributed by atoms with Crippen molar-refractivity contribution in [1.29, 1.82) is 5.26 Å². The highest BCUT2D eigenvalue weighted by Crippen LogP contribution is 2.21. The fourth-order valence-corrected chi connectivity index (χ4v) is 2.79. The molecule has 0 radical (unpaired) electrons. The smallest absolute Gasteiger partial charge is 0.262 e. The van der Waals surface area contributed by atoms with Gasteiger partial charge in [0, 0.05) is 11.5 Å². The molecule has 0 atom stereocenters. The molecule has 96 valence electrons. The van der Waals surface area contributed by atoms with E-state index < -0.39 is 0 Å². The fraction of sp³-hybridized carbons (Fsp3) is 0.375. The summed E-state index contributed by atoms with van der Waals surface area (Å²) in [5, 5.41) is 10.3. The van der Waals surface area contributed by atoms with Crippen molar-refractivity contribution in [2.75, 3.05) is 18.0 Å². The lowest BCUT2D eigenvalue weighted by molar-refractivity contribution is -0.330.